The zero-order valence-electron chi connectivity index (χ0n) is 10.4. The van der Waals surface area contributed by atoms with Crippen molar-refractivity contribution in [1.29, 1.82) is 0 Å². The van der Waals surface area contributed by atoms with Crippen LogP contribution in [0.25, 0.3) is 0 Å². The molecule has 5 heteroatoms. The topological polar surface area (TPSA) is 21.3 Å². The molecule has 0 radical (unpaired) electrons. The molecule has 0 aliphatic rings. The Morgan fingerprint density at radius 3 is 2.61 bits per heavy atom. The van der Waals surface area contributed by atoms with Crippen LogP contribution in [0.15, 0.2) is 24.3 Å². The third-order valence-electron chi connectivity index (χ3n) is 2.28. The normalized spacial score (nSPS) is 11.8. The molecule has 0 unspecified atom stereocenters. The van der Waals surface area contributed by atoms with E-state index in [0.717, 1.165) is 30.6 Å². The second kappa shape index (κ2) is 7.38. The molecule has 0 saturated carbocycles. The Morgan fingerprint density at radius 2 is 1.94 bits per heavy atom. The second-order valence-electron chi connectivity index (χ2n) is 4.10. The lowest BCUT2D eigenvalue weighted by atomic mass is 10.1. The molecule has 0 saturated heterocycles. The smallest absolute Gasteiger partial charge is 0.367 e. The van der Waals surface area contributed by atoms with Crippen LogP contribution in [0.3, 0.4) is 0 Å². The van der Waals surface area contributed by atoms with Gasteiger partial charge in [-0.05, 0) is 24.1 Å². The van der Waals surface area contributed by atoms with Crippen LogP contribution in [0.5, 0.6) is 0 Å². The van der Waals surface area contributed by atoms with E-state index in [4.69, 9.17) is 0 Å². The minimum atomic E-state index is -4.26. The summed E-state index contributed by atoms with van der Waals surface area (Å²) in [5, 5.41) is 3.24. The van der Waals surface area contributed by atoms with Crippen molar-refractivity contribution in [2.45, 2.75) is 32.7 Å². The first-order chi connectivity index (χ1) is 8.51. The van der Waals surface area contributed by atoms with Crippen LogP contribution in [-0.2, 0) is 17.9 Å². The van der Waals surface area contributed by atoms with Gasteiger partial charge in [0.15, 0.2) is 0 Å². The van der Waals surface area contributed by atoms with Crippen molar-refractivity contribution in [2.75, 3.05) is 13.2 Å². The fraction of sp³-hybridized carbons (Fsp3) is 0.538. The van der Waals surface area contributed by atoms with E-state index < -0.39 is 12.8 Å². The van der Waals surface area contributed by atoms with Crippen LogP contribution in [0.2, 0.25) is 0 Å². The maximum Gasteiger partial charge on any atom is 0.411 e. The fourth-order valence-corrected chi connectivity index (χ4v) is 1.52. The van der Waals surface area contributed by atoms with Gasteiger partial charge in [-0.15, -0.1) is 0 Å². The minimum absolute atomic E-state index is 0.0128. The van der Waals surface area contributed by atoms with E-state index >= 15 is 0 Å². The van der Waals surface area contributed by atoms with E-state index in [0.29, 0.717) is 0 Å². The highest BCUT2D eigenvalue weighted by molar-refractivity contribution is 5.22. The van der Waals surface area contributed by atoms with Gasteiger partial charge < -0.3 is 10.1 Å². The van der Waals surface area contributed by atoms with Crippen molar-refractivity contribution < 1.29 is 17.9 Å². The summed E-state index contributed by atoms with van der Waals surface area (Å²) in [6.45, 7) is 2.51. The zero-order valence-corrected chi connectivity index (χ0v) is 10.4. The number of ether oxygens (including phenoxy) is 1. The number of halogens is 3. The maximum absolute atomic E-state index is 11.9. The first kappa shape index (κ1) is 15.0. The summed E-state index contributed by atoms with van der Waals surface area (Å²) >= 11 is 0. The quantitative estimate of drug-likeness (QED) is 0.761. The summed E-state index contributed by atoms with van der Waals surface area (Å²) in [7, 11) is 0. The largest absolute Gasteiger partial charge is 0.411 e. The van der Waals surface area contributed by atoms with Crippen molar-refractivity contribution in [3.8, 4) is 0 Å². The molecule has 1 aromatic carbocycles. The average molecular weight is 261 g/mol. The molecule has 1 N–H and O–H groups in total. The summed E-state index contributed by atoms with van der Waals surface area (Å²) in [5.74, 6) is 0. The fourth-order valence-electron chi connectivity index (χ4n) is 1.52. The third-order valence-corrected chi connectivity index (χ3v) is 2.28. The number of alkyl halides is 3. The Balaban J connectivity index is 2.39. The lowest BCUT2D eigenvalue weighted by Crippen LogP contribution is -2.17. The molecule has 0 fully saturated rings. The van der Waals surface area contributed by atoms with Gasteiger partial charge in [0.2, 0.25) is 0 Å². The summed E-state index contributed by atoms with van der Waals surface area (Å²) in [5.41, 5.74) is 1.81. The Labute approximate surface area is 105 Å². The number of nitrogens with one attached hydrogen (secondary N) is 1. The van der Waals surface area contributed by atoms with Crippen molar-refractivity contribution >= 4 is 0 Å². The highest BCUT2D eigenvalue weighted by Crippen LogP contribution is 2.16. The Kier molecular flexibility index (Phi) is 6.15. The van der Waals surface area contributed by atoms with Crippen LogP contribution < -0.4 is 5.32 Å². The lowest BCUT2D eigenvalue weighted by Gasteiger charge is -2.09. The molecule has 18 heavy (non-hydrogen) atoms. The molecule has 0 heterocycles. The molecule has 1 aromatic rings. The Morgan fingerprint density at radius 1 is 1.22 bits per heavy atom. The molecule has 2 nitrogen and oxygen atoms in total. The van der Waals surface area contributed by atoms with Gasteiger partial charge in [0.25, 0.3) is 0 Å². The Bertz CT molecular complexity index is 352. The van der Waals surface area contributed by atoms with Crippen LogP contribution in [-0.4, -0.2) is 19.3 Å². The van der Waals surface area contributed by atoms with E-state index in [1.807, 2.05) is 18.2 Å². The number of benzene rings is 1. The van der Waals surface area contributed by atoms with Crippen LogP contribution >= 0.6 is 0 Å². The standard InChI is InChI=1S/C13H18F3NO/c1-2-6-17-8-11-4-3-5-12(7-11)9-18-10-13(14,15)16/h3-5,7,17H,2,6,8-10H2,1H3. The number of hydrogen-bond acceptors (Lipinski definition) is 2. The number of hydrogen-bond donors (Lipinski definition) is 1. The van der Waals surface area contributed by atoms with Crippen molar-refractivity contribution in [3.05, 3.63) is 35.4 Å². The van der Waals surface area contributed by atoms with Crippen molar-refractivity contribution in [3.63, 3.8) is 0 Å². The predicted molar refractivity (Wildman–Crippen MR) is 64.2 cm³/mol. The summed E-state index contributed by atoms with van der Waals surface area (Å²) in [6.07, 6.45) is -3.21. The van der Waals surface area contributed by atoms with Crippen LogP contribution in [0, 0.1) is 0 Å². The van der Waals surface area contributed by atoms with E-state index in [-0.39, 0.29) is 6.61 Å². The summed E-state index contributed by atoms with van der Waals surface area (Å²) < 4.78 is 40.3. The maximum atomic E-state index is 11.9. The lowest BCUT2D eigenvalue weighted by molar-refractivity contribution is -0.176. The second-order valence-corrected chi connectivity index (χ2v) is 4.10. The molecule has 0 aliphatic heterocycles. The van der Waals surface area contributed by atoms with Gasteiger partial charge in [-0.25, -0.2) is 0 Å². The van der Waals surface area contributed by atoms with Gasteiger partial charge in [-0.3, -0.25) is 0 Å². The monoisotopic (exact) mass is 261 g/mol. The number of rotatable bonds is 7. The molecule has 0 aromatic heterocycles. The van der Waals surface area contributed by atoms with Gasteiger partial charge in [0.1, 0.15) is 6.61 Å². The van der Waals surface area contributed by atoms with E-state index in [1.165, 1.54) is 0 Å². The highest BCUT2D eigenvalue weighted by atomic mass is 19.4. The van der Waals surface area contributed by atoms with E-state index in [9.17, 15) is 13.2 Å². The zero-order chi connectivity index (χ0) is 13.4. The molecule has 0 bridgehead atoms. The highest BCUT2D eigenvalue weighted by Gasteiger charge is 2.27. The average Bonchev–Trinajstić information content (AvgIpc) is 2.28. The summed E-state index contributed by atoms with van der Waals surface area (Å²) in [6, 6.07) is 7.39. The molecule has 0 amide bonds. The van der Waals surface area contributed by atoms with Crippen LogP contribution in [0.1, 0.15) is 24.5 Å². The first-order valence-corrected chi connectivity index (χ1v) is 5.94. The van der Waals surface area contributed by atoms with Crippen molar-refractivity contribution in [1.82, 2.24) is 5.32 Å². The first-order valence-electron chi connectivity index (χ1n) is 5.94. The van der Waals surface area contributed by atoms with Gasteiger partial charge in [0, 0.05) is 6.54 Å². The third kappa shape index (κ3) is 6.61. The molecule has 102 valence electrons. The molecule has 0 spiro atoms. The van der Waals surface area contributed by atoms with Crippen LogP contribution in [0.4, 0.5) is 13.2 Å². The summed E-state index contributed by atoms with van der Waals surface area (Å²) in [4.78, 5) is 0. The SMILES string of the molecule is CCCNCc1cccc(COCC(F)(F)F)c1. The molecule has 0 atom stereocenters. The molecular weight excluding hydrogens is 243 g/mol. The minimum Gasteiger partial charge on any atom is -0.367 e. The van der Waals surface area contributed by atoms with Gasteiger partial charge in [-0.2, -0.15) is 13.2 Å². The molecule has 1 rings (SSSR count). The predicted octanol–water partition coefficient (Wildman–Crippen LogP) is 3.27. The van der Waals surface area contributed by atoms with Crippen molar-refractivity contribution in [2.24, 2.45) is 0 Å². The van der Waals surface area contributed by atoms with E-state index in [1.54, 1.807) is 6.07 Å². The Hall–Kier alpha value is -1.07. The van der Waals surface area contributed by atoms with Gasteiger partial charge >= 0.3 is 6.18 Å². The van der Waals surface area contributed by atoms with E-state index in [2.05, 4.69) is 17.0 Å². The molecular formula is C13H18F3NO. The van der Waals surface area contributed by atoms with Gasteiger partial charge in [-0.1, -0.05) is 31.2 Å². The van der Waals surface area contributed by atoms with Gasteiger partial charge in [0.05, 0.1) is 6.61 Å². The molecule has 0 aliphatic carbocycles.